The zero-order chi connectivity index (χ0) is 32.1. The van der Waals surface area contributed by atoms with Gasteiger partial charge in [0.1, 0.15) is 0 Å². The van der Waals surface area contributed by atoms with Crippen LogP contribution < -0.4 is 4.90 Å². The third-order valence-electron chi connectivity index (χ3n) is 9.12. The number of nitrogens with one attached hydrogen (secondary N) is 1. The summed E-state index contributed by atoms with van der Waals surface area (Å²) in [6.45, 7) is 1.81. The summed E-state index contributed by atoms with van der Waals surface area (Å²) in [5.74, 6) is 0.0984. The molecule has 0 saturated carbocycles. The molecule has 0 aliphatic carbocycles. The third-order valence-corrected chi connectivity index (χ3v) is 10.6. The van der Waals surface area contributed by atoms with Crippen molar-refractivity contribution in [3.05, 3.63) is 69.9 Å². The molecule has 6 rings (SSSR count). The third kappa shape index (κ3) is 6.64. The number of aliphatic hydroxyl groups excluding tert-OH is 1. The quantitative estimate of drug-likeness (QED) is 0.375. The van der Waals surface area contributed by atoms with Gasteiger partial charge in [-0.05, 0) is 61.6 Å². The number of β-amino-alcohol motifs (C(OH)–C–C–N with tert-alkyl or cyclic N) is 1. The molecule has 2 aromatic carbocycles. The highest BCUT2D eigenvalue weighted by molar-refractivity contribution is 7.88. The number of anilines is 1. The predicted octanol–water partition coefficient (Wildman–Crippen LogP) is 4.80. The number of H-pyrrole nitrogens is 1. The summed E-state index contributed by atoms with van der Waals surface area (Å²) in [4.78, 5) is 17.0. The topological polar surface area (TPSA) is 110 Å². The maximum atomic E-state index is 13.2. The van der Waals surface area contributed by atoms with E-state index in [4.69, 9.17) is 11.6 Å². The van der Waals surface area contributed by atoms with Gasteiger partial charge in [0.05, 0.1) is 29.7 Å². The van der Waals surface area contributed by atoms with Crippen LogP contribution in [-0.4, -0.2) is 83.4 Å². The van der Waals surface area contributed by atoms with Crippen molar-refractivity contribution in [2.45, 2.75) is 62.9 Å². The largest absolute Gasteiger partial charge is 0.416 e. The molecule has 3 aliphatic rings. The van der Waals surface area contributed by atoms with Crippen molar-refractivity contribution in [1.29, 1.82) is 0 Å². The van der Waals surface area contributed by atoms with E-state index in [0.29, 0.717) is 66.4 Å². The fourth-order valence-corrected chi connectivity index (χ4v) is 8.28. The minimum atomic E-state index is -4.49. The number of piperidine rings is 1. The lowest BCUT2D eigenvalue weighted by molar-refractivity contribution is -0.137. The molecule has 3 aliphatic heterocycles. The molecular formula is C31H35ClF3N5O4S. The molecule has 9 nitrogen and oxygen atoms in total. The number of carbonyl (C=O) groups is 1. The van der Waals surface area contributed by atoms with Gasteiger partial charge >= 0.3 is 6.18 Å². The van der Waals surface area contributed by atoms with E-state index in [1.54, 1.807) is 6.07 Å². The zero-order valence-corrected chi connectivity index (χ0v) is 26.3. The summed E-state index contributed by atoms with van der Waals surface area (Å²) in [7, 11) is -3.68. The van der Waals surface area contributed by atoms with Crippen LogP contribution >= 0.6 is 11.6 Å². The van der Waals surface area contributed by atoms with Gasteiger partial charge in [-0.1, -0.05) is 23.7 Å². The lowest BCUT2D eigenvalue weighted by Crippen LogP contribution is -2.50. The van der Waals surface area contributed by atoms with Gasteiger partial charge in [0.15, 0.2) is 0 Å². The maximum absolute atomic E-state index is 13.2. The molecule has 1 amide bonds. The summed E-state index contributed by atoms with van der Waals surface area (Å²) in [6.07, 6.45) is -1.25. The number of hydrogen-bond donors (Lipinski definition) is 2. The van der Waals surface area contributed by atoms with Crippen molar-refractivity contribution < 1.29 is 31.5 Å². The summed E-state index contributed by atoms with van der Waals surface area (Å²) in [5, 5.41) is 19.3. The standard InChI is InChI=1S/C31H35ClF3N5O4S/c1-45(43,44)39-15-12-25-29(30(37-36-25)19-2-5-21(6-3-19)31(33,34)35)27(39)17-24(41)18-38-13-10-23(11-14-38)40-26-8-7-22(32)16-20(26)4-9-28(40)42/h2-3,5-8,16,23-24,27,41H,4,9-15,17-18H2,1H3,(H,36,37). The average molecular weight is 666 g/mol. The van der Waals surface area contributed by atoms with Gasteiger partial charge in [-0.3, -0.25) is 9.89 Å². The van der Waals surface area contributed by atoms with Gasteiger partial charge in [0, 0.05) is 72.6 Å². The van der Waals surface area contributed by atoms with Crippen LogP contribution in [0.1, 0.15) is 54.1 Å². The zero-order valence-electron chi connectivity index (χ0n) is 24.7. The number of likely N-dealkylation sites (tertiary alicyclic amines) is 1. The molecule has 2 N–H and O–H groups in total. The van der Waals surface area contributed by atoms with E-state index in [0.717, 1.165) is 42.5 Å². The number of halogens is 4. The molecular weight excluding hydrogens is 631 g/mol. The fraction of sp³-hybridized carbons (Fsp3) is 0.484. The number of aromatic amines is 1. The van der Waals surface area contributed by atoms with E-state index in [1.807, 2.05) is 17.0 Å². The summed E-state index contributed by atoms with van der Waals surface area (Å²) < 4.78 is 66.6. The number of amides is 1. The second-order valence-electron chi connectivity index (χ2n) is 12.1. The first-order valence-electron chi connectivity index (χ1n) is 15.0. The van der Waals surface area contributed by atoms with Gasteiger partial charge in [0.2, 0.25) is 15.9 Å². The minimum Gasteiger partial charge on any atom is -0.392 e. The molecule has 1 aromatic heterocycles. The SMILES string of the molecule is CS(=O)(=O)N1CCc2[nH]nc(-c3ccc(C(F)(F)F)cc3)c2C1CC(O)CN1CCC(N2C(=O)CCc3cc(Cl)ccc32)CC1. The van der Waals surface area contributed by atoms with Gasteiger partial charge in [-0.2, -0.15) is 22.6 Å². The van der Waals surface area contributed by atoms with Gasteiger partial charge in [-0.15, -0.1) is 0 Å². The number of benzene rings is 2. The van der Waals surface area contributed by atoms with Crippen LogP contribution in [0.3, 0.4) is 0 Å². The number of alkyl halides is 3. The number of aryl methyl sites for hydroxylation is 1. The van der Waals surface area contributed by atoms with Crippen molar-refractivity contribution in [3.63, 3.8) is 0 Å². The fourth-order valence-electron chi connectivity index (χ4n) is 7.00. The Morgan fingerprint density at radius 1 is 1.07 bits per heavy atom. The molecule has 14 heteroatoms. The Kier molecular flexibility index (Phi) is 8.76. The molecule has 45 heavy (non-hydrogen) atoms. The van der Waals surface area contributed by atoms with Crippen molar-refractivity contribution in [3.8, 4) is 11.3 Å². The number of aromatic nitrogens is 2. The van der Waals surface area contributed by atoms with Crippen LogP contribution in [-0.2, 0) is 33.8 Å². The number of hydrogen-bond acceptors (Lipinski definition) is 6. The van der Waals surface area contributed by atoms with E-state index < -0.39 is 33.9 Å². The monoisotopic (exact) mass is 665 g/mol. The van der Waals surface area contributed by atoms with Crippen molar-refractivity contribution in [1.82, 2.24) is 19.4 Å². The molecule has 1 saturated heterocycles. The van der Waals surface area contributed by atoms with Gasteiger partial charge in [0.25, 0.3) is 0 Å². The van der Waals surface area contributed by atoms with Gasteiger partial charge < -0.3 is 14.9 Å². The van der Waals surface area contributed by atoms with Crippen molar-refractivity contribution in [2.75, 3.05) is 37.3 Å². The Morgan fingerprint density at radius 3 is 2.44 bits per heavy atom. The maximum Gasteiger partial charge on any atom is 0.416 e. The van der Waals surface area contributed by atoms with Crippen LogP contribution in [0.2, 0.25) is 5.02 Å². The van der Waals surface area contributed by atoms with Crippen LogP contribution in [0.15, 0.2) is 42.5 Å². The predicted molar refractivity (Wildman–Crippen MR) is 164 cm³/mol. The van der Waals surface area contributed by atoms with E-state index in [-0.39, 0.29) is 24.9 Å². The van der Waals surface area contributed by atoms with Crippen LogP contribution in [0.4, 0.5) is 18.9 Å². The van der Waals surface area contributed by atoms with Crippen molar-refractivity contribution in [2.24, 2.45) is 0 Å². The van der Waals surface area contributed by atoms with Gasteiger partial charge in [-0.25, -0.2) is 8.42 Å². The molecule has 1 fully saturated rings. The number of rotatable bonds is 7. The molecule has 0 bridgehead atoms. The number of nitrogens with zero attached hydrogens (tertiary/aromatic N) is 4. The molecule has 0 radical (unpaired) electrons. The number of carbonyl (C=O) groups excluding carboxylic acids is 1. The highest BCUT2D eigenvalue weighted by atomic mass is 35.5. The summed E-state index contributed by atoms with van der Waals surface area (Å²) >= 11 is 6.19. The highest BCUT2D eigenvalue weighted by Crippen LogP contribution is 2.41. The first-order valence-corrected chi connectivity index (χ1v) is 17.2. The first kappa shape index (κ1) is 32.0. The molecule has 2 atom stereocenters. The lowest BCUT2D eigenvalue weighted by Gasteiger charge is -2.42. The van der Waals surface area contributed by atoms with Crippen LogP contribution in [0.25, 0.3) is 11.3 Å². The summed E-state index contributed by atoms with van der Waals surface area (Å²) in [6, 6.07) is 9.53. The number of fused-ring (bicyclic) bond motifs is 2. The van der Waals surface area contributed by atoms with E-state index in [1.165, 1.54) is 16.4 Å². The molecule has 2 unspecified atom stereocenters. The molecule has 0 spiro atoms. The Balaban J connectivity index is 1.16. The summed E-state index contributed by atoms with van der Waals surface area (Å²) in [5.41, 5.74) is 3.26. The molecule has 4 heterocycles. The first-order chi connectivity index (χ1) is 21.3. The number of aliphatic hydroxyl groups is 1. The Bertz CT molecular complexity index is 1670. The second kappa shape index (κ2) is 12.3. The van der Waals surface area contributed by atoms with Crippen LogP contribution in [0.5, 0.6) is 0 Å². The average Bonchev–Trinajstić information content (AvgIpc) is 3.42. The Morgan fingerprint density at radius 2 is 1.78 bits per heavy atom. The van der Waals surface area contributed by atoms with E-state index >= 15 is 0 Å². The van der Waals surface area contributed by atoms with E-state index in [9.17, 15) is 31.5 Å². The molecule has 242 valence electrons. The Hall–Kier alpha value is -2.97. The number of sulfonamides is 1. The Labute approximate surface area is 265 Å². The normalized spacial score (nSPS) is 21.1. The smallest absolute Gasteiger partial charge is 0.392 e. The highest BCUT2D eigenvalue weighted by Gasteiger charge is 2.39. The lowest BCUT2D eigenvalue weighted by atomic mass is 9.91. The minimum absolute atomic E-state index is 0.0324. The van der Waals surface area contributed by atoms with Crippen LogP contribution in [0, 0.1) is 0 Å². The second-order valence-corrected chi connectivity index (χ2v) is 14.5. The van der Waals surface area contributed by atoms with Crippen molar-refractivity contribution >= 4 is 33.2 Å². The molecule has 3 aromatic rings. The van der Waals surface area contributed by atoms with E-state index in [2.05, 4.69) is 15.1 Å².